The Morgan fingerprint density at radius 1 is 1.00 bits per heavy atom. The first-order chi connectivity index (χ1) is 14.1. The molecule has 2 aromatic carbocycles. The van der Waals surface area contributed by atoms with Crippen LogP contribution in [0.1, 0.15) is 42.0 Å². The Bertz CT molecular complexity index is 953. The van der Waals surface area contributed by atoms with Crippen LogP contribution >= 0.6 is 0 Å². The van der Waals surface area contributed by atoms with E-state index in [4.69, 9.17) is 0 Å². The molecule has 0 amide bonds. The van der Waals surface area contributed by atoms with E-state index >= 15 is 0 Å². The minimum absolute atomic E-state index is 0.102. The molecule has 1 heterocycles. The maximum Gasteiger partial charge on any atom is 0.416 e. The fourth-order valence-electron chi connectivity index (χ4n) is 3.62. The van der Waals surface area contributed by atoms with Crippen molar-refractivity contribution >= 4 is 10.0 Å². The van der Waals surface area contributed by atoms with E-state index < -0.39 is 27.5 Å². The Morgan fingerprint density at radius 2 is 1.63 bits per heavy atom. The minimum atomic E-state index is -4.50. The maximum absolute atomic E-state index is 12.8. The van der Waals surface area contributed by atoms with E-state index in [0.717, 1.165) is 48.8 Å². The first-order valence-electron chi connectivity index (χ1n) is 10.0. The zero-order valence-corrected chi connectivity index (χ0v) is 17.8. The summed E-state index contributed by atoms with van der Waals surface area (Å²) in [5, 5.41) is 0. The van der Waals surface area contributed by atoms with Crippen LogP contribution in [0.4, 0.5) is 13.2 Å². The number of benzene rings is 2. The number of halogens is 3. The second-order valence-corrected chi connectivity index (χ2v) is 9.86. The van der Waals surface area contributed by atoms with Crippen molar-refractivity contribution < 1.29 is 21.6 Å². The van der Waals surface area contributed by atoms with E-state index in [2.05, 4.69) is 16.5 Å². The van der Waals surface area contributed by atoms with E-state index in [9.17, 15) is 21.6 Å². The van der Waals surface area contributed by atoms with Crippen molar-refractivity contribution in [1.29, 1.82) is 0 Å². The lowest BCUT2D eigenvalue weighted by Gasteiger charge is -2.30. The molecule has 1 N–H and O–H groups in total. The van der Waals surface area contributed by atoms with Gasteiger partial charge in [0.25, 0.3) is 0 Å². The Balaban J connectivity index is 1.58. The summed E-state index contributed by atoms with van der Waals surface area (Å²) in [4.78, 5) is 2.40. The van der Waals surface area contributed by atoms with Crippen molar-refractivity contribution in [2.75, 3.05) is 13.1 Å². The van der Waals surface area contributed by atoms with E-state index in [1.165, 1.54) is 25.0 Å². The molecule has 4 nitrogen and oxygen atoms in total. The summed E-state index contributed by atoms with van der Waals surface area (Å²) in [6.07, 6.45) is -2.12. The highest BCUT2D eigenvalue weighted by atomic mass is 32.2. The van der Waals surface area contributed by atoms with Crippen molar-refractivity contribution in [3.8, 4) is 0 Å². The number of sulfonamides is 1. The van der Waals surface area contributed by atoms with Gasteiger partial charge >= 0.3 is 6.18 Å². The van der Waals surface area contributed by atoms with E-state index in [1.54, 1.807) is 0 Å². The highest BCUT2D eigenvalue weighted by Crippen LogP contribution is 2.29. The minimum Gasteiger partial charge on any atom is -0.299 e. The number of rotatable bonds is 7. The molecule has 1 aliphatic heterocycles. The third kappa shape index (κ3) is 6.82. The number of hydrogen-bond acceptors (Lipinski definition) is 3. The molecular formula is C22H27F3N2O2S. The van der Waals surface area contributed by atoms with E-state index in [1.807, 2.05) is 24.3 Å². The van der Waals surface area contributed by atoms with Crippen molar-refractivity contribution in [3.63, 3.8) is 0 Å². The van der Waals surface area contributed by atoms with Gasteiger partial charge in [-0.15, -0.1) is 0 Å². The third-order valence-corrected chi connectivity index (χ3v) is 6.68. The van der Waals surface area contributed by atoms with Crippen LogP contribution in [0.15, 0.2) is 48.5 Å². The Kier molecular flexibility index (Phi) is 7.21. The van der Waals surface area contributed by atoms with Crippen LogP contribution in [0.2, 0.25) is 0 Å². The number of likely N-dealkylation sites (tertiary alicyclic amines) is 1. The van der Waals surface area contributed by atoms with Gasteiger partial charge in [-0.3, -0.25) is 4.90 Å². The number of piperidine rings is 1. The summed E-state index contributed by atoms with van der Waals surface area (Å²) < 4.78 is 65.7. The fraction of sp³-hybridized carbons (Fsp3) is 0.455. The molecule has 0 spiro atoms. The van der Waals surface area contributed by atoms with Crippen LogP contribution in [0, 0.1) is 5.92 Å². The smallest absolute Gasteiger partial charge is 0.299 e. The molecule has 164 valence electrons. The third-order valence-electron chi connectivity index (χ3n) is 5.38. The van der Waals surface area contributed by atoms with Crippen molar-refractivity contribution in [2.24, 2.45) is 5.92 Å². The molecule has 0 saturated carbocycles. The number of nitrogens with one attached hydrogen (secondary N) is 1. The molecule has 0 bridgehead atoms. The summed E-state index contributed by atoms with van der Waals surface area (Å²) >= 11 is 0. The lowest BCUT2D eigenvalue weighted by Crippen LogP contribution is -2.32. The quantitative estimate of drug-likeness (QED) is 0.687. The van der Waals surface area contributed by atoms with Crippen molar-refractivity contribution in [1.82, 2.24) is 9.62 Å². The van der Waals surface area contributed by atoms with Crippen LogP contribution in [-0.4, -0.2) is 26.4 Å². The van der Waals surface area contributed by atoms with E-state index in [0.29, 0.717) is 0 Å². The zero-order chi connectivity index (χ0) is 21.8. The van der Waals surface area contributed by atoms with Crippen LogP contribution < -0.4 is 4.72 Å². The van der Waals surface area contributed by atoms with Gasteiger partial charge in [0.2, 0.25) is 10.0 Å². The normalized spacial score (nSPS) is 16.7. The second kappa shape index (κ2) is 9.49. The van der Waals surface area contributed by atoms with Crippen LogP contribution in [0.25, 0.3) is 0 Å². The molecule has 1 saturated heterocycles. The van der Waals surface area contributed by atoms with Gasteiger partial charge in [0, 0.05) is 13.1 Å². The van der Waals surface area contributed by atoms with Crippen LogP contribution in [-0.2, 0) is 35.0 Å². The van der Waals surface area contributed by atoms with Crippen LogP contribution in [0.3, 0.4) is 0 Å². The average molecular weight is 441 g/mol. The molecule has 0 aromatic heterocycles. The van der Waals surface area contributed by atoms with Gasteiger partial charge in [-0.05, 0) is 54.6 Å². The Hall–Kier alpha value is -1.90. The SMILES string of the molecule is CC1CCN(Cc2cccc(CNS(=O)(=O)Cc3cccc(C(F)(F)F)c3)c2)CC1. The van der Waals surface area contributed by atoms with Gasteiger partial charge in [0.1, 0.15) is 0 Å². The van der Waals surface area contributed by atoms with Gasteiger partial charge < -0.3 is 0 Å². The Morgan fingerprint density at radius 3 is 2.33 bits per heavy atom. The molecule has 0 radical (unpaired) electrons. The molecule has 0 aliphatic carbocycles. The maximum atomic E-state index is 12.8. The van der Waals surface area contributed by atoms with Crippen LogP contribution in [0.5, 0.6) is 0 Å². The summed E-state index contributed by atoms with van der Waals surface area (Å²) in [6, 6.07) is 12.2. The predicted molar refractivity (Wildman–Crippen MR) is 111 cm³/mol. The summed E-state index contributed by atoms with van der Waals surface area (Å²) in [7, 11) is -3.77. The highest BCUT2D eigenvalue weighted by Gasteiger charge is 2.30. The number of nitrogens with zero attached hydrogens (tertiary/aromatic N) is 1. The largest absolute Gasteiger partial charge is 0.416 e. The van der Waals surface area contributed by atoms with Gasteiger partial charge in [-0.25, -0.2) is 13.1 Å². The highest BCUT2D eigenvalue weighted by molar-refractivity contribution is 7.88. The molecule has 0 unspecified atom stereocenters. The second-order valence-electron chi connectivity index (χ2n) is 8.06. The molecular weight excluding hydrogens is 413 g/mol. The van der Waals surface area contributed by atoms with Crippen molar-refractivity contribution in [3.05, 3.63) is 70.8 Å². The Labute approximate surface area is 176 Å². The lowest BCUT2D eigenvalue weighted by atomic mass is 9.98. The van der Waals surface area contributed by atoms with Gasteiger partial charge in [-0.2, -0.15) is 13.2 Å². The summed E-state index contributed by atoms with van der Waals surface area (Å²) in [6.45, 7) is 5.33. The van der Waals surface area contributed by atoms with Crippen molar-refractivity contribution in [2.45, 2.75) is 44.8 Å². The average Bonchev–Trinajstić information content (AvgIpc) is 2.68. The molecule has 30 heavy (non-hydrogen) atoms. The van der Waals surface area contributed by atoms with Gasteiger partial charge in [-0.1, -0.05) is 49.4 Å². The molecule has 8 heteroatoms. The summed E-state index contributed by atoms with van der Waals surface area (Å²) in [5.41, 5.74) is 1.20. The molecule has 1 fully saturated rings. The standard InChI is InChI=1S/C22H27F3N2O2S/c1-17-8-10-27(11-9-17)15-19-5-2-4-18(12-19)14-26-30(28,29)16-20-6-3-7-21(13-20)22(23,24)25/h2-7,12-13,17,26H,8-11,14-16H2,1H3. The van der Waals surface area contributed by atoms with Gasteiger partial charge in [0.05, 0.1) is 11.3 Å². The monoisotopic (exact) mass is 440 g/mol. The first kappa shape index (κ1) is 22.8. The summed E-state index contributed by atoms with van der Waals surface area (Å²) in [5.74, 6) is 0.265. The molecule has 0 atom stereocenters. The predicted octanol–water partition coefficient (Wildman–Crippen LogP) is 4.56. The molecule has 1 aliphatic rings. The lowest BCUT2D eigenvalue weighted by molar-refractivity contribution is -0.137. The zero-order valence-electron chi connectivity index (χ0n) is 17.0. The topological polar surface area (TPSA) is 49.4 Å². The molecule has 3 rings (SSSR count). The van der Waals surface area contributed by atoms with E-state index in [-0.39, 0.29) is 12.1 Å². The number of hydrogen-bond donors (Lipinski definition) is 1. The fourth-order valence-corrected chi connectivity index (χ4v) is 4.72. The molecule has 2 aromatic rings. The van der Waals surface area contributed by atoms with Gasteiger partial charge in [0.15, 0.2) is 0 Å². The first-order valence-corrected chi connectivity index (χ1v) is 11.7. The number of alkyl halides is 3.